The molecule has 0 bridgehead atoms. The lowest BCUT2D eigenvalue weighted by Gasteiger charge is -2.13. The van der Waals surface area contributed by atoms with Gasteiger partial charge in [-0.1, -0.05) is 18.2 Å². The van der Waals surface area contributed by atoms with Crippen molar-refractivity contribution < 1.29 is 33.2 Å². The highest BCUT2D eigenvalue weighted by Gasteiger charge is 2.34. The maximum absolute atomic E-state index is 13.8. The number of ether oxygens (including phenoxy) is 1. The lowest BCUT2D eigenvalue weighted by Crippen LogP contribution is -2.37. The lowest BCUT2D eigenvalue weighted by atomic mass is 10.1. The van der Waals surface area contributed by atoms with E-state index >= 15 is 0 Å². The van der Waals surface area contributed by atoms with Gasteiger partial charge in [0.25, 0.3) is 22.7 Å². The summed E-state index contributed by atoms with van der Waals surface area (Å²) in [5.41, 5.74) is -0.671. The van der Waals surface area contributed by atoms with Gasteiger partial charge in [-0.05, 0) is 30.0 Å². The van der Waals surface area contributed by atoms with Crippen molar-refractivity contribution in [3.05, 3.63) is 80.0 Å². The summed E-state index contributed by atoms with van der Waals surface area (Å²) in [7, 11) is 1.10. The first kappa shape index (κ1) is 23.6. The van der Waals surface area contributed by atoms with Crippen LogP contribution in [0.2, 0.25) is 0 Å². The molecule has 10 nitrogen and oxygen atoms in total. The molecule has 12 heteroatoms. The summed E-state index contributed by atoms with van der Waals surface area (Å²) in [5.74, 6) is -2.78. The third-order valence-corrected chi connectivity index (χ3v) is 5.41. The molecule has 1 aliphatic heterocycles. The van der Waals surface area contributed by atoms with Crippen LogP contribution in [0.25, 0.3) is 6.08 Å². The van der Waals surface area contributed by atoms with Crippen LogP contribution < -0.4 is 5.32 Å². The number of benzene rings is 2. The number of hydrogen-bond acceptors (Lipinski definition) is 8. The van der Waals surface area contributed by atoms with Gasteiger partial charge in [-0.2, -0.15) is 0 Å². The van der Waals surface area contributed by atoms with Crippen LogP contribution in [0.1, 0.15) is 26.3 Å². The van der Waals surface area contributed by atoms with Crippen molar-refractivity contribution in [3.8, 4) is 0 Å². The van der Waals surface area contributed by atoms with Crippen molar-refractivity contribution in [2.75, 3.05) is 20.2 Å². The third kappa shape index (κ3) is 5.41. The van der Waals surface area contributed by atoms with Crippen LogP contribution in [-0.4, -0.2) is 53.0 Å². The topological polar surface area (TPSA) is 136 Å². The molecule has 1 aliphatic rings. The Morgan fingerprint density at radius 3 is 2.58 bits per heavy atom. The molecule has 2 aromatic rings. The van der Waals surface area contributed by atoms with Gasteiger partial charge in [0.1, 0.15) is 5.82 Å². The number of esters is 1. The fourth-order valence-corrected chi connectivity index (χ4v) is 3.75. The number of carbonyl (C=O) groups is 4. The number of nitro benzene ring substituents is 1. The molecule has 3 amide bonds. The molecule has 1 saturated heterocycles. The number of amides is 3. The first-order chi connectivity index (χ1) is 15.7. The van der Waals surface area contributed by atoms with Crippen molar-refractivity contribution in [1.29, 1.82) is 0 Å². The molecule has 3 rings (SSSR count). The molecule has 0 saturated carbocycles. The van der Waals surface area contributed by atoms with Gasteiger partial charge < -0.3 is 10.1 Å². The Morgan fingerprint density at radius 1 is 1.21 bits per heavy atom. The maximum atomic E-state index is 13.8. The first-order valence-corrected chi connectivity index (χ1v) is 10.2. The molecule has 0 aliphatic carbocycles. The van der Waals surface area contributed by atoms with Gasteiger partial charge in [0, 0.05) is 36.3 Å². The average molecular weight is 473 g/mol. The Labute approximate surface area is 190 Å². The fraction of sp³-hybridized carbons (Fsp3) is 0.143. The Hall–Kier alpha value is -4.06. The van der Waals surface area contributed by atoms with Crippen molar-refractivity contribution in [2.45, 2.75) is 0 Å². The van der Waals surface area contributed by atoms with Crippen LogP contribution in [0, 0.1) is 15.9 Å². The van der Waals surface area contributed by atoms with E-state index in [4.69, 9.17) is 0 Å². The second-order valence-corrected chi connectivity index (χ2v) is 7.62. The third-order valence-electron chi connectivity index (χ3n) is 4.50. The van der Waals surface area contributed by atoms with E-state index in [1.165, 1.54) is 24.3 Å². The van der Waals surface area contributed by atoms with E-state index in [-0.39, 0.29) is 34.7 Å². The summed E-state index contributed by atoms with van der Waals surface area (Å²) in [4.78, 5) is 60.1. The monoisotopic (exact) mass is 473 g/mol. The molecule has 0 atom stereocenters. The number of nitrogens with zero attached hydrogens (tertiary/aromatic N) is 2. The molecule has 33 heavy (non-hydrogen) atoms. The fourth-order valence-electron chi connectivity index (χ4n) is 2.89. The number of thioether (sulfide) groups is 1. The quantitative estimate of drug-likeness (QED) is 0.281. The number of rotatable bonds is 7. The van der Waals surface area contributed by atoms with E-state index < -0.39 is 39.5 Å². The summed E-state index contributed by atoms with van der Waals surface area (Å²) in [6, 6.07) is 8.87. The zero-order valence-corrected chi connectivity index (χ0v) is 17.9. The summed E-state index contributed by atoms with van der Waals surface area (Å²) in [6.07, 6.45) is 1.27. The number of methoxy groups -OCH3 is 1. The zero-order chi connectivity index (χ0) is 24.1. The number of carbonyl (C=O) groups excluding carboxylic acids is 4. The average Bonchev–Trinajstić information content (AvgIpc) is 3.06. The number of nitro groups is 1. The van der Waals surface area contributed by atoms with Crippen LogP contribution in [0.5, 0.6) is 0 Å². The van der Waals surface area contributed by atoms with E-state index in [1.807, 2.05) is 0 Å². The molecule has 1 heterocycles. The zero-order valence-electron chi connectivity index (χ0n) is 17.1. The number of halogens is 1. The molecule has 0 spiro atoms. The van der Waals surface area contributed by atoms with Crippen LogP contribution in [0.15, 0.2) is 47.4 Å². The van der Waals surface area contributed by atoms with Crippen LogP contribution >= 0.6 is 11.8 Å². The Kier molecular flexibility index (Phi) is 7.18. The molecule has 0 unspecified atom stereocenters. The molecule has 1 fully saturated rings. The second-order valence-electron chi connectivity index (χ2n) is 6.63. The Morgan fingerprint density at radius 2 is 1.91 bits per heavy atom. The Balaban J connectivity index is 1.67. The normalized spacial score (nSPS) is 14.5. The van der Waals surface area contributed by atoms with Gasteiger partial charge >= 0.3 is 5.97 Å². The predicted octanol–water partition coefficient (Wildman–Crippen LogP) is 2.99. The van der Waals surface area contributed by atoms with Gasteiger partial charge in [0.05, 0.1) is 22.5 Å². The van der Waals surface area contributed by atoms with E-state index in [2.05, 4.69) is 10.1 Å². The minimum absolute atomic E-state index is 0.0397. The van der Waals surface area contributed by atoms with Crippen molar-refractivity contribution >= 4 is 46.5 Å². The minimum Gasteiger partial charge on any atom is -0.465 e. The lowest BCUT2D eigenvalue weighted by molar-refractivity contribution is -0.384. The predicted molar refractivity (Wildman–Crippen MR) is 116 cm³/mol. The van der Waals surface area contributed by atoms with Gasteiger partial charge in [-0.15, -0.1) is 0 Å². The molecule has 0 radical (unpaired) electrons. The van der Waals surface area contributed by atoms with Crippen molar-refractivity contribution in [2.24, 2.45) is 0 Å². The number of nitrogens with one attached hydrogen (secondary N) is 1. The van der Waals surface area contributed by atoms with Crippen LogP contribution in [-0.2, 0) is 9.53 Å². The summed E-state index contributed by atoms with van der Waals surface area (Å²) >= 11 is 0.646. The van der Waals surface area contributed by atoms with Crippen LogP contribution in [0.3, 0.4) is 0 Å². The smallest absolute Gasteiger partial charge is 0.338 e. The van der Waals surface area contributed by atoms with Gasteiger partial charge in [0.15, 0.2) is 0 Å². The highest BCUT2D eigenvalue weighted by Crippen LogP contribution is 2.32. The number of hydrogen-bond donors (Lipinski definition) is 1. The standard InChI is InChI=1S/C21H16FN3O7S/c1-32-20(28)14-8-13(9-15(10-14)25(30)31)18(26)23-6-7-24-19(27)17(33-21(24)29)11-12-4-2-3-5-16(12)22/h2-5,8-11H,6-7H2,1H3,(H,23,26)/b17-11-. The highest BCUT2D eigenvalue weighted by molar-refractivity contribution is 8.18. The number of imide groups is 1. The molecular weight excluding hydrogens is 457 g/mol. The van der Waals surface area contributed by atoms with Crippen LogP contribution in [0.4, 0.5) is 14.9 Å². The molecule has 170 valence electrons. The van der Waals surface area contributed by atoms with Gasteiger partial charge in [-0.3, -0.25) is 29.4 Å². The minimum atomic E-state index is -0.854. The summed E-state index contributed by atoms with van der Waals surface area (Å²) < 4.78 is 18.3. The Bertz CT molecular complexity index is 1200. The molecule has 1 N–H and O–H groups in total. The highest BCUT2D eigenvalue weighted by atomic mass is 32.2. The van der Waals surface area contributed by atoms with E-state index in [1.54, 1.807) is 6.07 Å². The largest absolute Gasteiger partial charge is 0.465 e. The van der Waals surface area contributed by atoms with E-state index in [0.717, 1.165) is 30.2 Å². The molecule has 2 aromatic carbocycles. The summed E-state index contributed by atoms with van der Waals surface area (Å²) in [6.45, 7) is -0.329. The van der Waals surface area contributed by atoms with Crippen molar-refractivity contribution in [1.82, 2.24) is 10.2 Å². The van der Waals surface area contributed by atoms with E-state index in [9.17, 15) is 33.7 Å². The SMILES string of the molecule is COC(=O)c1cc(C(=O)NCCN2C(=O)S/C(=C\c3ccccc3F)C2=O)cc([N+](=O)[O-])c1. The van der Waals surface area contributed by atoms with Gasteiger partial charge in [0.2, 0.25) is 0 Å². The van der Waals surface area contributed by atoms with Gasteiger partial charge in [-0.25, -0.2) is 9.18 Å². The molecular formula is C21H16FN3O7S. The maximum Gasteiger partial charge on any atom is 0.338 e. The first-order valence-electron chi connectivity index (χ1n) is 9.37. The van der Waals surface area contributed by atoms with E-state index in [0.29, 0.717) is 11.8 Å². The molecule has 0 aromatic heterocycles. The van der Waals surface area contributed by atoms with Crippen molar-refractivity contribution in [3.63, 3.8) is 0 Å². The second kappa shape index (κ2) is 10.0. The summed E-state index contributed by atoms with van der Waals surface area (Å²) in [5, 5.41) is 13.0. The number of non-ortho nitro benzene ring substituents is 1.